The van der Waals surface area contributed by atoms with Crippen molar-refractivity contribution in [1.29, 1.82) is 0 Å². The molecule has 0 bridgehead atoms. The first-order valence-electron chi connectivity index (χ1n) is 5.53. The van der Waals surface area contributed by atoms with Crippen LogP contribution in [0.2, 0.25) is 0 Å². The third kappa shape index (κ3) is 2.91. The summed E-state index contributed by atoms with van der Waals surface area (Å²) in [6.45, 7) is 1.00. The predicted molar refractivity (Wildman–Crippen MR) is 78.4 cm³/mol. The van der Waals surface area contributed by atoms with E-state index in [1.807, 2.05) is 24.1 Å². The monoisotopic (exact) mass is 328 g/mol. The Balaban J connectivity index is 2.25. The summed E-state index contributed by atoms with van der Waals surface area (Å²) >= 11 is 5.05. The zero-order valence-electron chi connectivity index (χ0n) is 9.99. The molecular formula is C13H14BrFN2S. The van der Waals surface area contributed by atoms with Crippen molar-refractivity contribution in [2.75, 3.05) is 11.9 Å². The van der Waals surface area contributed by atoms with Crippen LogP contribution in [0.4, 0.5) is 10.1 Å². The highest BCUT2D eigenvalue weighted by atomic mass is 79.9. The lowest BCUT2D eigenvalue weighted by atomic mass is 10.1. The standard InChI is InChI=1S/C13H14BrFN2S/c1-17(7-9-5-12(14)18-8-9)13-10(6-16)3-2-4-11(13)15/h2-5,8H,6-7,16H2,1H3. The molecule has 0 amide bonds. The number of halogens is 2. The second kappa shape index (κ2) is 5.82. The molecule has 2 aromatic rings. The normalized spacial score (nSPS) is 10.7. The molecule has 0 fully saturated rings. The molecule has 18 heavy (non-hydrogen) atoms. The number of para-hydroxylation sites is 1. The second-order valence-electron chi connectivity index (χ2n) is 4.07. The van der Waals surface area contributed by atoms with Crippen LogP contribution in [0.5, 0.6) is 0 Å². The molecule has 0 atom stereocenters. The third-order valence-electron chi connectivity index (χ3n) is 2.71. The molecule has 0 aliphatic carbocycles. The lowest BCUT2D eigenvalue weighted by Gasteiger charge is -2.22. The van der Waals surface area contributed by atoms with Crippen molar-refractivity contribution in [3.63, 3.8) is 0 Å². The molecule has 1 aromatic heterocycles. The molecule has 2 N–H and O–H groups in total. The molecule has 0 saturated heterocycles. The van der Waals surface area contributed by atoms with Gasteiger partial charge in [-0.2, -0.15) is 0 Å². The average Bonchev–Trinajstić information content (AvgIpc) is 2.74. The first-order valence-corrected chi connectivity index (χ1v) is 7.20. The van der Waals surface area contributed by atoms with E-state index in [2.05, 4.69) is 21.3 Å². The largest absolute Gasteiger partial charge is 0.368 e. The van der Waals surface area contributed by atoms with Crippen LogP contribution in [-0.2, 0) is 13.1 Å². The van der Waals surface area contributed by atoms with Crippen LogP contribution in [0, 0.1) is 5.82 Å². The van der Waals surface area contributed by atoms with Gasteiger partial charge in [-0.05, 0) is 44.6 Å². The van der Waals surface area contributed by atoms with E-state index in [0.717, 1.165) is 14.9 Å². The molecule has 0 aliphatic rings. The third-order valence-corrected chi connectivity index (χ3v) is 4.27. The zero-order chi connectivity index (χ0) is 13.1. The van der Waals surface area contributed by atoms with E-state index in [1.165, 1.54) is 6.07 Å². The quantitative estimate of drug-likeness (QED) is 0.926. The minimum Gasteiger partial charge on any atom is -0.368 e. The maximum atomic E-state index is 13.9. The Morgan fingerprint density at radius 3 is 2.83 bits per heavy atom. The first kappa shape index (κ1) is 13.5. The summed E-state index contributed by atoms with van der Waals surface area (Å²) in [5.74, 6) is -0.227. The van der Waals surface area contributed by atoms with Gasteiger partial charge in [0.2, 0.25) is 0 Å². The van der Waals surface area contributed by atoms with Gasteiger partial charge < -0.3 is 10.6 Å². The van der Waals surface area contributed by atoms with E-state index in [1.54, 1.807) is 17.4 Å². The van der Waals surface area contributed by atoms with Crippen LogP contribution in [0.3, 0.4) is 0 Å². The molecule has 1 aromatic carbocycles. The van der Waals surface area contributed by atoms with E-state index in [0.29, 0.717) is 18.8 Å². The molecular weight excluding hydrogens is 315 g/mol. The van der Waals surface area contributed by atoms with Gasteiger partial charge in [0.1, 0.15) is 5.82 Å². The number of thiophene rings is 1. The van der Waals surface area contributed by atoms with Gasteiger partial charge in [-0.15, -0.1) is 11.3 Å². The molecule has 0 spiro atoms. The summed E-state index contributed by atoms with van der Waals surface area (Å²) in [5, 5.41) is 2.06. The van der Waals surface area contributed by atoms with Crippen molar-refractivity contribution in [3.05, 3.63) is 50.4 Å². The Morgan fingerprint density at radius 2 is 2.22 bits per heavy atom. The summed E-state index contributed by atoms with van der Waals surface area (Å²) in [6.07, 6.45) is 0. The molecule has 0 radical (unpaired) electrons. The van der Waals surface area contributed by atoms with Crippen LogP contribution in [0.25, 0.3) is 0 Å². The van der Waals surface area contributed by atoms with Crippen LogP contribution < -0.4 is 10.6 Å². The molecule has 2 rings (SSSR count). The van der Waals surface area contributed by atoms with Crippen molar-refractivity contribution in [3.8, 4) is 0 Å². The fourth-order valence-electron chi connectivity index (χ4n) is 1.93. The molecule has 0 unspecified atom stereocenters. The minimum atomic E-state index is -0.227. The van der Waals surface area contributed by atoms with E-state index >= 15 is 0 Å². The van der Waals surface area contributed by atoms with Gasteiger partial charge >= 0.3 is 0 Å². The SMILES string of the molecule is CN(Cc1csc(Br)c1)c1c(F)cccc1CN. The summed E-state index contributed by atoms with van der Waals surface area (Å²) in [4.78, 5) is 1.89. The smallest absolute Gasteiger partial charge is 0.146 e. The van der Waals surface area contributed by atoms with Crippen LogP contribution in [0.15, 0.2) is 33.4 Å². The van der Waals surface area contributed by atoms with Gasteiger partial charge in [0.25, 0.3) is 0 Å². The molecule has 96 valence electrons. The molecule has 0 saturated carbocycles. The molecule has 5 heteroatoms. The zero-order valence-corrected chi connectivity index (χ0v) is 12.4. The molecule has 1 heterocycles. The van der Waals surface area contributed by atoms with E-state index in [4.69, 9.17) is 5.73 Å². The van der Waals surface area contributed by atoms with Crippen molar-refractivity contribution in [1.82, 2.24) is 0 Å². The van der Waals surface area contributed by atoms with Crippen molar-refractivity contribution >= 4 is 33.0 Å². The highest BCUT2D eigenvalue weighted by Gasteiger charge is 2.12. The van der Waals surface area contributed by atoms with Crippen molar-refractivity contribution in [2.45, 2.75) is 13.1 Å². The maximum Gasteiger partial charge on any atom is 0.146 e. The summed E-state index contributed by atoms with van der Waals surface area (Å²) < 4.78 is 15.0. The number of anilines is 1. The predicted octanol–water partition coefficient (Wildman–Crippen LogP) is 3.74. The fourth-order valence-corrected chi connectivity index (χ4v) is 3.13. The lowest BCUT2D eigenvalue weighted by Crippen LogP contribution is -2.20. The highest BCUT2D eigenvalue weighted by molar-refractivity contribution is 9.11. The molecule has 2 nitrogen and oxygen atoms in total. The van der Waals surface area contributed by atoms with Gasteiger partial charge in [0.05, 0.1) is 9.47 Å². The summed E-state index contributed by atoms with van der Waals surface area (Å²) in [6, 6.07) is 7.06. The highest BCUT2D eigenvalue weighted by Crippen LogP contribution is 2.27. The minimum absolute atomic E-state index is 0.227. The number of hydrogen-bond donors (Lipinski definition) is 1. The van der Waals surface area contributed by atoms with Crippen LogP contribution >= 0.6 is 27.3 Å². The number of rotatable bonds is 4. The van der Waals surface area contributed by atoms with Gasteiger partial charge in [-0.1, -0.05) is 12.1 Å². The van der Waals surface area contributed by atoms with Crippen LogP contribution in [0.1, 0.15) is 11.1 Å². The Bertz CT molecular complexity index is 542. The van der Waals surface area contributed by atoms with Crippen molar-refractivity contribution in [2.24, 2.45) is 5.73 Å². The second-order valence-corrected chi connectivity index (χ2v) is 6.36. The Morgan fingerprint density at radius 1 is 1.44 bits per heavy atom. The number of benzene rings is 1. The first-order chi connectivity index (χ1) is 8.61. The fraction of sp³-hybridized carbons (Fsp3) is 0.231. The van der Waals surface area contributed by atoms with Crippen molar-refractivity contribution < 1.29 is 4.39 Å². The summed E-state index contributed by atoms with van der Waals surface area (Å²) in [5.41, 5.74) is 8.22. The van der Waals surface area contributed by atoms with Crippen LogP contribution in [-0.4, -0.2) is 7.05 Å². The van der Waals surface area contributed by atoms with Gasteiger partial charge in [0.15, 0.2) is 0 Å². The van der Waals surface area contributed by atoms with Gasteiger partial charge in [-0.3, -0.25) is 0 Å². The summed E-state index contributed by atoms with van der Waals surface area (Å²) in [7, 11) is 1.88. The Labute approximate surface area is 118 Å². The van der Waals surface area contributed by atoms with E-state index in [-0.39, 0.29) is 5.82 Å². The van der Waals surface area contributed by atoms with Gasteiger partial charge in [0, 0.05) is 20.1 Å². The lowest BCUT2D eigenvalue weighted by molar-refractivity contribution is 0.619. The number of nitrogens with two attached hydrogens (primary N) is 1. The topological polar surface area (TPSA) is 29.3 Å². The number of nitrogens with zero attached hydrogens (tertiary/aromatic N) is 1. The maximum absolute atomic E-state index is 13.9. The van der Waals surface area contributed by atoms with Gasteiger partial charge in [-0.25, -0.2) is 4.39 Å². The average molecular weight is 329 g/mol. The van der Waals surface area contributed by atoms with E-state index < -0.39 is 0 Å². The Hall–Kier alpha value is -0.910. The molecule has 0 aliphatic heterocycles. The van der Waals surface area contributed by atoms with E-state index in [9.17, 15) is 4.39 Å². The Kier molecular flexibility index (Phi) is 4.37. The number of hydrogen-bond acceptors (Lipinski definition) is 3.